The lowest BCUT2D eigenvalue weighted by atomic mass is 9.43. The summed E-state index contributed by atoms with van der Waals surface area (Å²) in [6.07, 6.45) is 10.7. The van der Waals surface area contributed by atoms with Crippen LogP contribution in [0, 0.1) is 23.7 Å². The Bertz CT molecular complexity index is 2990. The lowest BCUT2D eigenvalue weighted by molar-refractivity contribution is -0.0399. The van der Waals surface area contributed by atoms with Gasteiger partial charge >= 0.3 is 0 Å². The first-order valence-electron chi connectivity index (χ1n) is 19.8. The molecular weight excluding hydrogens is 657 g/mol. The van der Waals surface area contributed by atoms with Gasteiger partial charge in [-0.1, -0.05) is 78.9 Å². The summed E-state index contributed by atoms with van der Waals surface area (Å²) in [4.78, 5) is 9.23. The van der Waals surface area contributed by atoms with E-state index in [1.165, 1.54) is 92.6 Å². The van der Waals surface area contributed by atoms with Gasteiger partial charge in [0.15, 0.2) is 0 Å². The Labute approximate surface area is 313 Å². The van der Waals surface area contributed by atoms with Gasteiger partial charge in [0.05, 0.1) is 22.1 Å². The lowest BCUT2D eigenvalue weighted by Gasteiger charge is -2.61. The van der Waals surface area contributed by atoms with E-state index in [1.54, 1.807) is 11.1 Å². The monoisotopic (exact) mass is 694 g/mol. The molecule has 0 saturated heterocycles. The van der Waals surface area contributed by atoms with Crippen LogP contribution in [0.2, 0.25) is 0 Å². The third-order valence-electron chi connectivity index (χ3n) is 14.2. The second-order valence-corrected chi connectivity index (χ2v) is 16.7. The minimum absolute atomic E-state index is 0.149. The maximum atomic E-state index is 4.62. The van der Waals surface area contributed by atoms with Crippen molar-refractivity contribution in [1.82, 2.24) is 19.1 Å². The van der Waals surface area contributed by atoms with Crippen molar-refractivity contribution in [2.75, 3.05) is 0 Å². The molecule has 4 saturated carbocycles. The maximum Gasteiger partial charge on any atom is 0.234 e. The van der Waals surface area contributed by atoms with E-state index >= 15 is 0 Å². The molecule has 4 bridgehead atoms. The number of benzene rings is 6. The van der Waals surface area contributed by atoms with Gasteiger partial charge in [-0.2, -0.15) is 0 Å². The highest BCUT2D eigenvalue weighted by molar-refractivity contribution is 6.12. The fraction of sp³-hybridized carbons (Fsp3) is 0.200. The number of nitrogens with zero attached hydrogens (tertiary/aromatic N) is 4. The topological polar surface area (TPSA) is 35.6 Å². The first-order chi connectivity index (χ1) is 26.7. The molecule has 54 heavy (non-hydrogen) atoms. The Morgan fingerprint density at radius 2 is 1.00 bits per heavy atom. The largest absolute Gasteiger partial charge is 0.309 e. The van der Waals surface area contributed by atoms with Gasteiger partial charge in [0, 0.05) is 45.0 Å². The van der Waals surface area contributed by atoms with Gasteiger partial charge in [0.1, 0.15) is 0 Å². The quantitative estimate of drug-likeness (QED) is 0.185. The van der Waals surface area contributed by atoms with E-state index in [0.29, 0.717) is 5.95 Å². The Morgan fingerprint density at radius 3 is 1.69 bits per heavy atom. The van der Waals surface area contributed by atoms with Gasteiger partial charge in [-0.05, 0) is 144 Å². The third kappa shape index (κ3) is 3.73. The number of aromatic nitrogens is 4. The molecule has 4 fully saturated rings. The molecule has 0 aliphatic heterocycles. The molecule has 258 valence electrons. The molecule has 3 aromatic heterocycles. The average molecular weight is 695 g/mol. The van der Waals surface area contributed by atoms with Crippen LogP contribution in [0.25, 0.3) is 77.5 Å². The van der Waals surface area contributed by atoms with Crippen molar-refractivity contribution in [2.24, 2.45) is 23.7 Å². The molecule has 1 spiro atoms. The highest BCUT2D eigenvalue weighted by Crippen LogP contribution is 2.69. The Kier molecular flexibility index (Phi) is 5.77. The van der Waals surface area contributed by atoms with Crippen molar-refractivity contribution in [3.8, 4) is 33.9 Å². The van der Waals surface area contributed by atoms with Gasteiger partial charge in [-0.15, -0.1) is 0 Å². The molecule has 4 heteroatoms. The zero-order valence-electron chi connectivity index (χ0n) is 30.0. The molecule has 9 aromatic rings. The summed E-state index contributed by atoms with van der Waals surface area (Å²) >= 11 is 0. The summed E-state index contributed by atoms with van der Waals surface area (Å²) in [5.41, 5.74) is 14.8. The average Bonchev–Trinajstić information content (AvgIpc) is 3.83. The van der Waals surface area contributed by atoms with Crippen molar-refractivity contribution in [3.05, 3.63) is 157 Å². The summed E-state index contributed by atoms with van der Waals surface area (Å²) in [6.45, 7) is 0. The van der Waals surface area contributed by atoms with E-state index < -0.39 is 0 Å². The van der Waals surface area contributed by atoms with Crippen LogP contribution in [0.15, 0.2) is 146 Å². The van der Waals surface area contributed by atoms with Crippen LogP contribution in [-0.2, 0) is 5.41 Å². The summed E-state index contributed by atoms with van der Waals surface area (Å²) < 4.78 is 4.71. The zero-order chi connectivity index (χ0) is 35.1. The first-order valence-corrected chi connectivity index (χ1v) is 19.8. The molecular formula is C50H38N4. The Morgan fingerprint density at radius 1 is 0.444 bits per heavy atom. The van der Waals surface area contributed by atoms with Gasteiger partial charge in [0.2, 0.25) is 5.95 Å². The molecule has 14 rings (SSSR count). The van der Waals surface area contributed by atoms with E-state index in [2.05, 4.69) is 146 Å². The van der Waals surface area contributed by atoms with Gasteiger partial charge in [0.25, 0.3) is 0 Å². The normalized spacial score (nSPS) is 23.6. The Balaban J connectivity index is 0.987. The standard InChI is InChI=1S/C50H38N4/c1-4-11-43-37(8-1)38-17-16-36(29-44(38)50(43)34-23-30-22-31(25-34)26-35(50)24-30)53-45-12-5-2-9-39(45)41-27-32(14-18-47(41)53)33-15-19-48-42(28-33)40-10-3-6-13-46(40)54(48)49-51-20-7-21-52-49/h1-21,27-31,34-35H,22-26H2. The van der Waals surface area contributed by atoms with Gasteiger partial charge < -0.3 is 4.57 Å². The molecule has 0 amide bonds. The maximum absolute atomic E-state index is 4.62. The second kappa shape index (κ2) is 10.6. The first kappa shape index (κ1) is 29.5. The summed E-state index contributed by atoms with van der Waals surface area (Å²) in [5, 5.41) is 4.99. The SMILES string of the molecule is c1cnc(-n2c3ccccc3c3cc(-c4ccc5c(c4)c4ccccc4n5-c4ccc5c(c4)C4(c6ccccc6-5)C5CC6CC(C5)CC4C6)ccc32)nc1. The highest BCUT2D eigenvalue weighted by Gasteiger charge is 2.61. The number of fused-ring (bicyclic) bond motifs is 9. The number of para-hydroxylation sites is 2. The van der Waals surface area contributed by atoms with Crippen LogP contribution >= 0.6 is 0 Å². The number of hydrogen-bond acceptors (Lipinski definition) is 2. The van der Waals surface area contributed by atoms with Gasteiger partial charge in [-0.3, -0.25) is 4.57 Å². The predicted octanol–water partition coefficient (Wildman–Crippen LogP) is 12.1. The van der Waals surface area contributed by atoms with E-state index in [0.717, 1.165) is 34.7 Å². The molecule has 0 atom stereocenters. The molecule has 0 radical (unpaired) electrons. The summed E-state index contributed by atoms with van der Waals surface area (Å²) in [5.74, 6) is 4.05. The van der Waals surface area contributed by atoms with Crippen LogP contribution in [0.4, 0.5) is 0 Å². The lowest BCUT2D eigenvalue weighted by Crippen LogP contribution is -2.55. The summed E-state index contributed by atoms with van der Waals surface area (Å²) in [7, 11) is 0. The van der Waals surface area contributed by atoms with Crippen molar-refractivity contribution in [2.45, 2.75) is 37.5 Å². The third-order valence-corrected chi connectivity index (χ3v) is 14.2. The zero-order valence-corrected chi connectivity index (χ0v) is 30.0. The molecule has 6 aromatic carbocycles. The fourth-order valence-electron chi connectivity index (χ4n) is 12.5. The van der Waals surface area contributed by atoms with Crippen molar-refractivity contribution in [1.29, 1.82) is 0 Å². The smallest absolute Gasteiger partial charge is 0.234 e. The molecule has 0 N–H and O–H groups in total. The van der Waals surface area contributed by atoms with Crippen LogP contribution in [0.3, 0.4) is 0 Å². The number of rotatable bonds is 3. The van der Waals surface area contributed by atoms with Crippen LogP contribution in [0.5, 0.6) is 0 Å². The summed E-state index contributed by atoms with van der Waals surface area (Å²) in [6, 6.07) is 50.3. The Hall–Kier alpha value is -6.00. The van der Waals surface area contributed by atoms with Crippen molar-refractivity contribution in [3.63, 3.8) is 0 Å². The number of hydrogen-bond donors (Lipinski definition) is 0. The molecule has 4 nitrogen and oxygen atoms in total. The molecule has 0 unspecified atom stereocenters. The minimum atomic E-state index is 0.149. The van der Waals surface area contributed by atoms with E-state index in [1.807, 2.05) is 18.5 Å². The van der Waals surface area contributed by atoms with Crippen LogP contribution in [-0.4, -0.2) is 19.1 Å². The fourth-order valence-corrected chi connectivity index (χ4v) is 12.5. The second-order valence-electron chi connectivity index (χ2n) is 16.7. The van der Waals surface area contributed by atoms with E-state index in [9.17, 15) is 0 Å². The van der Waals surface area contributed by atoms with Gasteiger partial charge in [-0.25, -0.2) is 9.97 Å². The molecule has 3 heterocycles. The molecule has 5 aliphatic carbocycles. The highest BCUT2D eigenvalue weighted by atomic mass is 15.1. The van der Waals surface area contributed by atoms with E-state index in [4.69, 9.17) is 0 Å². The van der Waals surface area contributed by atoms with Crippen LogP contribution < -0.4 is 0 Å². The minimum Gasteiger partial charge on any atom is -0.309 e. The predicted molar refractivity (Wildman–Crippen MR) is 219 cm³/mol. The van der Waals surface area contributed by atoms with Crippen molar-refractivity contribution >= 4 is 43.6 Å². The molecule has 5 aliphatic rings. The van der Waals surface area contributed by atoms with Crippen molar-refractivity contribution < 1.29 is 0 Å². The van der Waals surface area contributed by atoms with Crippen LogP contribution in [0.1, 0.15) is 43.2 Å². The van der Waals surface area contributed by atoms with E-state index in [-0.39, 0.29) is 5.41 Å².